The van der Waals surface area contributed by atoms with E-state index in [4.69, 9.17) is 5.41 Å². The van der Waals surface area contributed by atoms with E-state index in [2.05, 4.69) is 60.7 Å². The number of rotatable bonds is 2. The van der Waals surface area contributed by atoms with Gasteiger partial charge in [0.2, 0.25) is 0 Å². The summed E-state index contributed by atoms with van der Waals surface area (Å²) in [4.78, 5) is 0. The average molecular weight is 272 g/mol. The molecule has 102 valence electrons. The fraction of sp³-hybridized carbons (Fsp3) is 0.0500. The quantitative estimate of drug-likeness (QED) is 0.869. The van der Waals surface area contributed by atoms with Crippen molar-refractivity contribution in [1.82, 2.24) is 0 Å². The normalized spacial score (nSPS) is 14.0. The van der Waals surface area contributed by atoms with Crippen LogP contribution in [0.1, 0.15) is 18.1 Å². The molecule has 21 heavy (non-hydrogen) atoms. The summed E-state index contributed by atoms with van der Waals surface area (Å²) >= 11 is 0. The molecular weight excluding hydrogens is 254 g/mol. The predicted molar refractivity (Wildman–Crippen MR) is 88.7 cm³/mol. The van der Waals surface area contributed by atoms with E-state index in [1.807, 2.05) is 25.1 Å². The smallest absolute Gasteiger partial charge is 0.199 e. The summed E-state index contributed by atoms with van der Waals surface area (Å²) < 4.78 is 0. The number of benzene rings is 2. The van der Waals surface area contributed by atoms with Crippen molar-refractivity contribution in [3.63, 3.8) is 0 Å². The first kappa shape index (κ1) is 13.3. The second-order valence-corrected chi connectivity index (χ2v) is 5.18. The molecule has 0 saturated carbocycles. The monoisotopic (exact) mass is 272 g/mol. The Bertz CT molecular complexity index is 705. The van der Waals surface area contributed by atoms with Gasteiger partial charge in [-0.05, 0) is 41.3 Å². The van der Waals surface area contributed by atoms with E-state index in [-0.39, 0.29) is 0 Å². The molecular formula is C20H18N+. The van der Waals surface area contributed by atoms with Crippen molar-refractivity contribution in [3.8, 4) is 0 Å². The van der Waals surface area contributed by atoms with Gasteiger partial charge in [0.05, 0.1) is 0 Å². The van der Waals surface area contributed by atoms with Crippen LogP contribution in [0.5, 0.6) is 0 Å². The minimum absolute atomic E-state index is 0.833. The van der Waals surface area contributed by atoms with Gasteiger partial charge in [-0.25, -0.2) is 0 Å². The molecule has 3 rings (SSSR count). The van der Waals surface area contributed by atoms with Gasteiger partial charge in [0.15, 0.2) is 5.71 Å². The lowest BCUT2D eigenvalue weighted by Crippen LogP contribution is -2.39. The first-order valence-electron chi connectivity index (χ1n) is 7.10. The molecule has 0 spiro atoms. The van der Waals surface area contributed by atoms with Crippen molar-refractivity contribution in [1.29, 1.82) is 0 Å². The zero-order chi connectivity index (χ0) is 14.7. The zero-order valence-corrected chi connectivity index (χ0v) is 12.1. The second kappa shape index (κ2) is 5.76. The van der Waals surface area contributed by atoms with Crippen LogP contribution in [0.4, 0.5) is 0 Å². The Balaban J connectivity index is 2.23. The van der Waals surface area contributed by atoms with Crippen molar-refractivity contribution < 1.29 is 5.41 Å². The van der Waals surface area contributed by atoms with Crippen LogP contribution in [0.25, 0.3) is 5.57 Å². The van der Waals surface area contributed by atoms with Crippen LogP contribution in [0.15, 0.2) is 90.0 Å². The first-order chi connectivity index (χ1) is 10.3. The molecule has 0 bridgehead atoms. The predicted octanol–water partition coefficient (Wildman–Crippen LogP) is 3.20. The molecule has 0 atom stereocenters. The van der Waals surface area contributed by atoms with Crippen molar-refractivity contribution in [2.24, 2.45) is 0 Å². The fourth-order valence-corrected chi connectivity index (χ4v) is 2.54. The molecule has 0 radical (unpaired) electrons. The highest BCUT2D eigenvalue weighted by atomic mass is 14.4. The topological polar surface area (TPSA) is 25.6 Å². The van der Waals surface area contributed by atoms with Crippen molar-refractivity contribution in [2.75, 3.05) is 0 Å². The summed E-state index contributed by atoms with van der Waals surface area (Å²) in [6.45, 7) is 2.05. The molecule has 1 nitrogen and oxygen atoms in total. The van der Waals surface area contributed by atoms with Crippen LogP contribution in [0, 0.1) is 0 Å². The SMILES string of the molecule is CC1=CC(=C(c2ccccc2)c2ccccc2)C=CC1=[NH2+]. The second-order valence-electron chi connectivity index (χ2n) is 5.18. The maximum atomic E-state index is 5.96. The molecule has 0 heterocycles. The Morgan fingerprint density at radius 1 is 0.762 bits per heavy atom. The fourth-order valence-electron chi connectivity index (χ4n) is 2.54. The lowest BCUT2D eigenvalue weighted by atomic mass is 9.89. The van der Waals surface area contributed by atoms with E-state index in [0.29, 0.717) is 0 Å². The van der Waals surface area contributed by atoms with Crippen molar-refractivity contribution in [2.45, 2.75) is 6.92 Å². The number of allylic oxidation sites excluding steroid dienone is 5. The molecule has 1 aliphatic carbocycles. The van der Waals surface area contributed by atoms with Crippen LogP contribution < -0.4 is 5.41 Å². The Hall–Kier alpha value is -2.67. The summed E-state index contributed by atoms with van der Waals surface area (Å²) in [7, 11) is 0. The lowest BCUT2D eigenvalue weighted by molar-refractivity contribution is -0.111. The number of nitrogens with two attached hydrogens (primary N) is 1. The van der Waals surface area contributed by atoms with Gasteiger partial charge in [0.1, 0.15) is 0 Å². The first-order valence-corrected chi connectivity index (χ1v) is 7.10. The molecule has 0 amide bonds. The van der Waals surface area contributed by atoms with Gasteiger partial charge in [-0.2, -0.15) is 0 Å². The Labute approximate surface area is 125 Å². The van der Waals surface area contributed by atoms with E-state index in [0.717, 1.165) is 11.3 Å². The van der Waals surface area contributed by atoms with Gasteiger partial charge in [-0.15, -0.1) is 0 Å². The minimum Gasteiger partial charge on any atom is -0.254 e. The molecule has 0 unspecified atom stereocenters. The van der Waals surface area contributed by atoms with Crippen molar-refractivity contribution in [3.05, 3.63) is 101 Å². The highest BCUT2D eigenvalue weighted by Gasteiger charge is 2.14. The standard InChI is InChI=1S/C20H17N/c1-15-14-18(12-13-19(15)21)20(16-8-4-2-5-9-16)17-10-6-3-7-11-17/h2-14,21H,1H3/p+1. The maximum absolute atomic E-state index is 5.96. The molecule has 0 saturated heterocycles. The van der Waals surface area contributed by atoms with Gasteiger partial charge >= 0.3 is 0 Å². The lowest BCUT2D eigenvalue weighted by Gasteiger charge is -2.14. The molecule has 2 aromatic rings. The summed E-state index contributed by atoms with van der Waals surface area (Å²) in [6.07, 6.45) is 6.24. The molecule has 2 N–H and O–H groups in total. The van der Waals surface area contributed by atoms with E-state index >= 15 is 0 Å². The van der Waals surface area contributed by atoms with Crippen LogP contribution in [0.2, 0.25) is 0 Å². The molecule has 0 fully saturated rings. The van der Waals surface area contributed by atoms with Gasteiger partial charge in [-0.1, -0.05) is 60.7 Å². The highest BCUT2D eigenvalue weighted by molar-refractivity contribution is 6.06. The summed E-state index contributed by atoms with van der Waals surface area (Å²) in [6, 6.07) is 21.0. The summed E-state index contributed by atoms with van der Waals surface area (Å²) in [5.74, 6) is 0. The molecule has 0 aliphatic heterocycles. The van der Waals surface area contributed by atoms with Gasteiger partial charge in [-0.3, -0.25) is 5.41 Å². The van der Waals surface area contributed by atoms with Crippen LogP contribution >= 0.6 is 0 Å². The molecule has 1 aliphatic rings. The maximum Gasteiger partial charge on any atom is 0.199 e. The highest BCUT2D eigenvalue weighted by Crippen LogP contribution is 2.30. The molecule has 0 aromatic heterocycles. The van der Waals surface area contributed by atoms with Gasteiger partial charge < -0.3 is 0 Å². The molecule has 1 heteroatoms. The zero-order valence-electron chi connectivity index (χ0n) is 12.1. The van der Waals surface area contributed by atoms with Crippen LogP contribution in [-0.4, -0.2) is 5.71 Å². The number of hydrogen-bond donors (Lipinski definition) is 1. The van der Waals surface area contributed by atoms with E-state index in [9.17, 15) is 0 Å². The Morgan fingerprint density at radius 3 is 1.76 bits per heavy atom. The van der Waals surface area contributed by atoms with E-state index in [1.54, 1.807) is 0 Å². The van der Waals surface area contributed by atoms with Crippen LogP contribution in [0.3, 0.4) is 0 Å². The summed E-state index contributed by atoms with van der Waals surface area (Å²) in [5, 5.41) is 5.96. The van der Waals surface area contributed by atoms with Crippen molar-refractivity contribution >= 4 is 11.3 Å². The minimum atomic E-state index is 0.833. The van der Waals surface area contributed by atoms with Gasteiger partial charge in [0, 0.05) is 11.6 Å². The van der Waals surface area contributed by atoms with E-state index in [1.165, 1.54) is 22.3 Å². The Morgan fingerprint density at radius 2 is 1.29 bits per heavy atom. The third-order valence-corrected chi connectivity index (χ3v) is 3.68. The van der Waals surface area contributed by atoms with E-state index < -0.39 is 0 Å². The summed E-state index contributed by atoms with van der Waals surface area (Å²) in [5.41, 5.74) is 6.80. The van der Waals surface area contributed by atoms with Crippen LogP contribution in [-0.2, 0) is 0 Å². The number of hydrogen-bond acceptors (Lipinski definition) is 0. The molecule has 2 aromatic carbocycles. The largest absolute Gasteiger partial charge is 0.254 e. The third-order valence-electron chi connectivity index (χ3n) is 3.68. The average Bonchev–Trinajstić information content (AvgIpc) is 2.53. The van der Waals surface area contributed by atoms with Gasteiger partial charge in [0.25, 0.3) is 0 Å². The Kier molecular flexibility index (Phi) is 3.65. The third kappa shape index (κ3) is 2.77.